The molecule has 1 aromatic rings. The molecule has 1 aliphatic heterocycles. The number of aliphatic hydroxyl groups excluding tert-OH is 1. The second kappa shape index (κ2) is 5.47. The number of carbonyl (C=O) groups excluding carboxylic acids is 1. The number of hydrogen-bond donors (Lipinski definition) is 1. The zero-order valence-corrected chi connectivity index (χ0v) is 10.2. The highest BCUT2D eigenvalue weighted by atomic mass is 35.5. The standard InChI is InChI=1S/C12H15ClN2O2/c13-10-1-4-14-11(7-10)12(17)15-5-2-9(8-15)3-6-16/h1,4,7,9,16H,2-3,5-6,8H2. The molecule has 1 fully saturated rings. The number of rotatable bonds is 3. The molecular formula is C12H15ClN2O2. The number of pyridine rings is 1. The van der Waals surface area contributed by atoms with Gasteiger partial charge in [-0.15, -0.1) is 0 Å². The number of aliphatic hydroxyl groups is 1. The molecule has 17 heavy (non-hydrogen) atoms. The van der Waals surface area contributed by atoms with Gasteiger partial charge in [0.25, 0.3) is 5.91 Å². The Morgan fingerprint density at radius 2 is 2.47 bits per heavy atom. The predicted molar refractivity (Wildman–Crippen MR) is 65.0 cm³/mol. The average Bonchev–Trinajstić information content (AvgIpc) is 2.77. The van der Waals surface area contributed by atoms with E-state index in [2.05, 4.69) is 4.98 Å². The molecule has 1 amide bonds. The van der Waals surface area contributed by atoms with E-state index >= 15 is 0 Å². The molecule has 2 rings (SSSR count). The number of hydrogen-bond acceptors (Lipinski definition) is 3. The predicted octanol–water partition coefficient (Wildman–Crippen LogP) is 1.58. The molecule has 5 heteroatoms. The van der Waals surface area contributed by atoms with E-state index in [1.165, 1.54) is 6.20 Å². The maximum Gasteiger partial charge on any atom is 0.272 e. The molecule has 1 N–H and O–H groups in total. The van der Waals surface area contributed by atoms with Gasteiger partial charge < -0.3 is 10.0 Å². The number of likely N-dealkylation sites (tertiary alicyclic amines) is 1. The van der Waals surface area contributed by atoms with E-state index in [-0.39, 0.29) is 12.5 Å². The minimum Gasteiger partial charge on any atom is -0.396 e. The zero-order valence-electron chi connectivity index (χ0n) is 9.47. The number of halogens is 1. The molecule has 1 aromatic heterocycles. The molecule has 1 aliphatic rings. The van der Waals surface area contributed by atoms with Gasteiger partial charge in [-0.3, -0.25) is 9.78 Å². The van der Waals surface area contributed by atoms with Gasteiger partial charge in [0.15, 0.2) is 0 Å². The number of carbonyl (C=O) groups is 1. The Bertz CT molecular complexity index is 411. The molecule has 0 bridgehead atoms. The molecule has 0 aromatic carbocycles. The van der Waals surface area contributed by atoms with Crippen LogP contribution in [0.5, 0.6) is 0 Å². The van der Waals surface area contributed by atoms with E-state index in [1.807, 2.05) is 0 Å². The Labute approximate surface area is 105 Å². The van der Waals surface area contributed by atoms with Crippen LogP contribution in [-0.4, -0.2) is 40.6 Å². The van der Waals surface area contributed by atoms with Gasteiger partial charge in [0.1, 0.15) is 5.69 Å². The Morgan fingerprint density at radius 1 is 1.65 bits per heavy atom. The Morgan fingerprint density at radius 3 is 3.18 bits per heavy atom. The van der Waals surface area contributed by atoms with Gasteiger partial charge in [-0.25, -0.2) is 0 Å². The van der Waals surface area contributed by atoms with Crippen molar-refractivity contribution in [3.63, 3.8) is 0 Å². The second-order valence-electron chi connectivity index (χ2n) is 4.28. The summed E-state index contributed by atoms with van der Waals surface area (Å²) in [4.78, 5) is 17.9. The first-order valence-electron chi connectivity index (χ1n) is 5.72. The van der Waals surface area contributed by atoms with Crippen molar-refractivity contribution in [3.8, 4) is 0 Å². The Balaban J connectivity index is 2.02. The number of amides is 1. The van der Waals surface area contributed by atoms with Crippen LogP contribution >= 0.6 is 11.6 Å². The van der Waals surface area contributed by atoms with Gasteiger partial charge in [-0.05, 0) is 30.9 Å². The van der Waals surface area contributed by atoms with Crippen molar-refractivity contribution >= 4 is 17.5 Å². The third-order valence-corrected chi connectivity index (χ3v) is 3.29. The van der Waals surface area contributed by atoms with E-state index in [9.17, 15) is 4.79 Å². The lowest BCUT2D eigenvalue weighted by atomic mass is 10.1. The van der Waals surface area contributed by atoms with Crippen LogP contribution in [0.15, 0.2) is 18.3 Å². The maximum atomic E-state index is 12.1. The summed E-state index contributed by atoms with van der Waals surface area (Å²) in [7, 11) is 0. The van der Waals surface area contributed by atoms with Gasteiger partial charge in [0.2, 0.25) is 0 Å². The Kier molecular flexibility index (Phi) is 3.97. The maximum absolute atomic E-state index is 12.1. The largest absolute Gasteiger partial charge is 0.396 e. The van der Waals surface area contributed by atoms with Gasteiger partial charge in [0, 0.05) is 30.9 Å². The smallest absolute Gasteiger partial charge is 0.272 e. The van der Waals surface area contributed by atoms with E-state index in [0.717, 1.165) is 19.4 Å². The van der Waals surface area contributed by atoms with Gasteiger partial charge in [-0.2, -0.15) is 0 Å². The quantitative estimate of drug-likeness (QED) is 0.891. The molecule has 4 nitrogen and oxygen atoms in total. The minimum absolute atomic E-state index is 0.0760. The van der Waals surface area contributed by atoms with E-state index in [0.29, 0.717) is 23.2 Å². The van der Waals surface area contributed by atoms with Crippen LogP contribution in [0.2, 0.25) is 5.02 Å². The molecule has 1 unspecified atom stereocenters. The summed E-state index contributed by atoms with van der Waals surface area (Å²) < 4.78 is 0. The van der Waals surface area contributed by atoms with Crippen molar-refractivity contribution in [1.82, 2.24) is 9.88 Å². The molecule has 2 heterocycles. The normalized spacial score (nSPS) is 19.6. The van der Waals surface area contributed by atoms with Crippen LogP contribution < -0.4 is 0 Å². The summed E-state index contributed by atoms with van der Waals surface area (Å²) in [5.41, 5.74) is 0.391. The first kappa shape index (κ1) is 12.3. The molecule has 92 valence electrons. The van der Waals surface area contributed by atoms with Crippen molar-refractivity contribution in [1.29, 1.82) is 0 Å². The fourth-order valence-corrected chi connectivity index (χ4v) is 2.28. The van der Waals surface area contributed by atoms with Gasteiger partial charge in [-0.1, -0.05) is 11.6 Å². The molecule has 0 aliphatic carbocycles. The SMILES string of the molecule is O=C(c1cc(Cl)ccn1)N1CCC(CCO)C1. The lowest BCUT2D eigenvalue weighted by molar-refractivity contribution is 0.0779. The molecule has 0 saturated carbocycles. The highest BCUT2D eigenvalue weighted by molar-refractivity contribution is 6.30. The Hall–Kier alpha value is -1.13. The van der Waals surface area contributed by atoms with Gasteiger partial charge in [0.05, 0.1) is 0 Å². The van der Waals surface area contributed by atoms with Crippen LogP contribution in [-0.2, 0) is 0 Å². The monoisotopic (exact) mass is 254 g/mol. The zero-order chi connectivity index (χ0) is 12.3. The molecule has 1 atom stereocenters. The van der Waals surface area contributed by atoms with Crippen molar-refractivity contribution in [2.24, 2.45) is 5.92 Å². The third-order valence-electron chi connectivity index (χ3n) is 3.05. The summed E-state index contributed by atoms with van der Waals surface area (Å²) in [6.07, 6.45) is 3.25. The lowest BCUT2D eigenvalue weighted by Gasteiger charge is -2.15. The fraction of sp³-hybridized carbons (Fsp3) is 0.500. The minimum atomic E-state index is -0.0760. The van der Waals surface area contributed by atoms with Gasteiger partial charge >= 0.3 is 0 Å². The summed E-state index contributed by atoms with van der Waals surface area (Å²) in [5, 5.41) is 9.39. The summed E-state index contributed by atoms with van der Waals surface area (Å²) in [6, 6.07) is 3.24. The first-order valence-corrected chi connectivity index (χ1v) is 6.10. The third kappa shape index (κ3) is 2.96. The summed E-state index contributed by atoms with van der Waals surface area (Å²) in [6.45, 7) is 1.62. The number of nitrogens with zero attached hydrogens (tertiary/aromatic N) is 2. The molecular weight excluding hydrogens is 240 g/mol. The second-order valence-corrected chi connectivity index (χ2v) is 4.71. The fourth-order valence-electron chi connectivity index (χ4n) is 2.12. The van der Waals surface area contributed by atoms with Crippen LogP contribution in [0, 0.1) is 5.92 Å². The van der Waals surface area contributed by atoms with Crippen molar-refractivity contribution in [3.05, 3.63) is 29.0 Å². The van der Waals surface area contributed by atoms with Crippen LogP contribution in [0.4, 0.5) is 0 Å². The van der Waals surface area contributed by atoms with E-state index in [1.54, 1.807) is 17.0 Å². The highest BCUT2D eigenvalue weighted by Crippen LogP contribution is 2.21. The topological polar surface area (TPSA) is 53.4 Å². The number of aromatic nitrogens is 1. The van der Waals surface area contributed by atoms with Crippen molar-refractivity contribution in [2.45, 2.75) is 12.8 Å². The van der Waals surface area contributed by atoms with Crippen molar-refractivity contribution in [2.75, 3.05) is 19.7 Å². The van der Waals surface area contributed by atoms with E-state index in [4.69, 9.17) is 16.7 Å². The van der Waals surface area contributed by atoms with Crippen LogP contribution in [0.25, 0.3) is 0 Å². The van der Waals surface area contributed by atoms with Crippen LogP contribution in [0.3, 0.4) is 0 Å². The molecule has 1 saturated heterocycles. The summed E-state index contributed by atoms with van der Waals surface area (Å²) >= 11 is 5.83. The van der Waals surface area contributed by atoms with E-state index < -0.39 is 0 Å². The first-order chi connectivity index (χ1) is 8.20. The van der Waals surface area contributed by atoms with Crippen molar-refractivity contribution < 1.29 is 9.90 Å². The average molecular weight is 255 g/mol. The lowest BCUT2D eigenvalue weighted by Crippen LogP contribution is -2.29. The molecule has 0 radical (unpaired) electrons. The highest BCUT2D eigenvalue weighted by Gasteiger charge is 2.27. The van der Waals surface area contributed by atoms with Crippen LogP contribution in [0.1, 0.15) is 23.3 Å². The summed E-state index contributed by atoms with van der Waals surface area (Å²) in [5.74, 6) is 0.330. The molecule has 0 spiro atoms.